The molecule has 0 bridgehead atoms. The number of aromatic nitrogens is 2. The number of fused-ring (bicyclic) bond motifs is 1. The zero-order chi connectivity index (χ0) is 17.6. The fourth-order valence-corrected chi connectivity index (χ4v) is 2.85. The normalized spacial score (nSPS) is 15.3. The second-order valence-electron chi connectivity index (χ2n) is 6.13. The number of carbonyl (C=O) groups excluding carboxylic acids is 2. The van der Waals surface area contributed by atoms with Gasteiger partial charge in [0.05, 0.1) is 17.6 Å². The van der Waals surface area contributed by atoms with Crippen molar-refractivity contribution >= 4 is 23.0 Å². The number of carbonyl (C=O) groups is 2. The number of nitrogens with one attached hydrogen (secondary N) is 2. The van der Waals surface area contributed by atoms with Gasteiger partial charge in [0.2, 0.25) is 5.91 Å². The minimum atomic E-state index is -0.154. The van der Waals surface area contributed by atoms with Gasteiger partial charge in [0.1, 0.15) is 6.33 Å². The summed E-state index contributed by atoms with van der Waals surface area (Å²) in [4.78, 5) is 32.3. The van der Waals surface area contributed by atoms with Crippen LogP contribution in [0.4, 0.5) is 4.79 Å². The highest BCUT2D eigenvalue weighted by molar-refractivity contribution is 5.85. The number of hydrogen-bond donors (Lipinski definition) is 2. The second kappa shape index (κ2) is 7.98. The Balaban J connectivity index is 1.49. The van der Waals surface area contributed by atoms with E-state index in [4.69, 9.17) is 0 Å². The van der Waals surface area contributed by atoms with Crippen LogP contribution in [0.3, 0.4) is 0 Å². The van der Waals surface area contributed by atoms with E-state index in [0.717, 1.165) is 17.5 Å². The Morgan fingerprint density at radius 2 is 1.92 bits per heavy atom. The number of amides is 3. The molecule has 134 valence electrons. The molecule has 3 rings (SSSR count). The lowest BCUT2D eigenvalue weighted by molar-refractivity contribution is -0.122. The lowest BCUT2D eigenvalue weighted by Gasteiger charge is -2.34. The molecule has 1 aromatic carbocycles. The first-order valence-corrected chi connectivity index (χ1v) is 8.64. The third-order valence-corrected chi connectivity index (χ3v) is 4.27. The monoisotopic (exact) mass is 344 g/mol. The Hall–Kier alpha value is -2.61. The number of para-hydroxylation sites is 2. The van der Waals surface area contributed by atoms with Crippen LogP contribution >= 0.6 is 0 Å². The van der Waals surface area contributed by atoms with E-state index in [1.54, 1.807) is 15.9 Å². The molecule has 8 heteroatoms. The highest BCUT2D eigenvalue weighted by Gasteiger charge is 2.22. The molecule has 0 aliphatic carbocycles. The maximum absolute atomic E-state index is 12.4. The molecule has 1 aliphatic rings. The molecule has 1 aliphatic heterocycles. The van der Waals surface area contributed by atoms with Gasteiger partial charge in [-0.2, -0.15) is 0 Å². The van der Waals surface area contributed by atoms with Crippen molar-refractivity contribution in [1.82, 2.24) is 24.8 Å². The summed E-state index contributed by atoms with van der Waals surface area (Å²) < 4.78 is 1.64. The van der Waals surface area contributed by atoms with Crippen LogP contribution in [-0.4, -0.2) is 70.7 Å². The third kappa shape index (κ3) is 4.27. The average Bonchev–Trinajstić information content (AvgIpc) is 3.03. The minimum absolute atomic E-state index is 0.0460. The van der Waals surface area contributed by atoms with Gasteiger partial charge in [0, 0.05) is 32.7 Å². The van der Waals surface area contributed by atoms with Crippen LogP contribution in [0.25, 0.3) is 11.0 Å². The number of hydrogen-bond acceptors (Lipinski definition) is 4. The first-order valence-electron chi connectivity index (χ1n) is 8.64. The van der Waals surface area contributed by atoms with Gasteiger partial charge >= 0.3 is 6.03 Å². The van der Waals surface area contributed by atoms with Gasteiger partial charge < -0.3 is 10.2 Å². The van der Waals surface area contributed by atoms with E-state index in [1.165, 1.54) is 0 Å². The molecular formula is C17H24N6O2. The predicted octanol–water partition coefficient (Wildman–Crippen LogP) is 0.844. The standard InChI is InChI=1S/C17H24N6O2/c1-2-7-18-16(24)12-21-8-10-22(11-9-21)17(25)20-23-13-19-14-5-3-4-6-15(14)23/h3-6,13H,2,7-12H2,1H3,(H,18,24)(H,20,25). The average molecular weight is 344 g/mol. The van der Waals surface area contributed by atoms with Crippen molar-refractivity contribution in [1.29, 1.82) is 0 Å². The Bertz CT molecular complexity index is 736. The largest absolute Gasteiger partial charge is 0.355 e. The smallest absolute Gasteiger partial charge is 0.336 e. The van der Waals surface area contributed by atoms with Gasteiger partial charge in [-0.3, -0.25) is 9.69 Å². The van der Waals surface area contributed by atoms with Crippen molar-refractivity contribution in [2.45, 2.75) is 13.3 Å². The lowest BCUT2D eigenvalue weighted by Crippen LogP contribution is -2.52. The Morgan fingerprint density at radius 1 is 1.16 bits per heavy atom. The Labute approximate surface area is 146 Å². The van der Waals surface area contributed by atoms with Crippen molar-refractivity contribution in [3.8, 4) is 0 Å². The number of benzene rings is 1. The van der Waals surface area contributed by atoms with E-state index >= 15 is 0 Å². The summed E-state index contributed by atoms with van der Waals surface area (Å²) in [6, 6.07) is 7.49. The first kappa shape index (κ1) is 17.2. The molecule has 2 aromatic rings. The van der Waals surface area contributed by atoms with Gasteiger partial charge in [0.15, 0.2) is 0 Å². The van der Waals surface area contributed by atoms with Crippen LogP contribution in [0.2, 0.25) is 0 Å². The Kier molecular flexibility index (Phi) is 5.49. The molecule has 1 aromatic heterocycles. The molecule has 0 unspecified atom stereocenters. The summed E-state index contributed by atoms with van der Waals surface area (Å²) in [7, 11) is 0. The number of rotatable bonds is 5. The van der Waals surface area contributed by atoms with Crippen molar-refractivity contribution < 1.29 is 9.59 Å². The van der Waals surface area contributed by atoms with Gasteiger partial charge in [0.25, 0.3) is 0 Å². The van der Waals surface area contributed by atoms with E-state index in [9.17, 15) is 9.59 Å². The molecule has 3 amide bonds. The molecule has 0 spiro atoms. The SMILES string of the molecule is CCCNC(=O)CN1CCN(C(=O)Nn2cnc3ccccc32)CC1. The summed E-state index contributed by atoms with van der Waals surface area (Å²) in [5.74, 6) is 0.0460. The summed E-state index contributed by atoms with van der Waals surface area (Å²) in [5.41, 5.74) is 4.56. The Morgan fingerprint density at radius 3 is 2.68 bits per heavy atom. The summed E-state index contributed by atoms with van der Waals surface area (Å²) >= 11 is 0. The maximum atomic E-state index is 12.4. The van der Waals surface area contributed by atoms with Gasteiger partial charge in [-0.1, -0.05) is 19.1 Å². The number of nitrogens with zero attached hydrogens (tertiary/aromatic N) is 4. The van der Waals surface area contributed by atoms with Crippen LogP contribution in [0, 0.1) is 0 Å². The number of piperazine rings is 1. The van der Waals surface area contributed by atoms with Crippen LogP contribution in [0.1, 0.15) is 13.3 Å². The summed E-state index contributed by atoms with van der Waals surface area (Å²) in [5, 5.41) is 2.88. The zero-order valence-electron chi connectivity index (χ0n) is 14.4. The molecule has 0 atom stereocenters. The van der Waals surface area contributed by atoms with Gasteiger partial charge in [-0.25, -0.2) is 19.9 Å². The van der Waals surface area contributed by atoms with Crippen LogP contribution < -0.4 is 10.7 Å². The number of imidazole rings is 1. The van der Waals surface area contributed by atoms with Crippen molar-refractivity contribution in [2.75, 3.05) is 44.7 Å². The van der Waals surface area contributed by atoms with E-state index in [-0.39, 0.29) is 11.9 Å². The molecule has 0 saturated carbocycles. The molecule has 2 N–H and O–H groups in total. The van der Waals surface area contributed by atoms with Gasteiger partial charge in [-0.05, 0) is 18.6 Å². The molecule has 2 heterocycles. The zero-order valence-corrected chi connectivity index (χ0v) is 14.4. The van der Waals surface area contributed by atoms with E-state index in [0.29, 0.717) is 39.3 Å². The molecule has 1 saturated heterocycles. The van der Waals surface area contributed by atoms with Crippen molar-refractivity contribution in [3.63, 3.8) is 0 Å². The third-order valence-electron chi connectivity index (χ3n) is 4.27. The van der Waals surface area contributed by atoms with Crippen LogP contribution in [-0.2, 0) is 4.79 Å². The highest BCUT2D eigenvalue weighted by Crippen LogP contribution is 2.10. The fourth-order valence-electron chi connectivity index (χ4n) is 2.85. The minimum Gasteiger partial charge on any atom is -0.355 e. The quantitative estimate of drug-likeness (QED) is 0.842. The molecule has 25 heavy (non-hydrogen) atoms. The predicted molar refractivity (Wildman–Crippen MR) is 95.8 cm³/mol. The first-order chi connectivity index (χ1) is 12.2. The molecule has 8 nitrogen and oxygen atoms in total. The molecule has 1 fully saturated rings. The van der Waals surface area contributed by atoms with Gasteiger partial charge in [-0.15, -0.1) is 0 Å². The second-order valence-corrected chi connectivity index (χ2v) is 6.13. The van der Waals surface area contributed by atoms with Crippen LogP contribution in [0.15, 0.2) is 30.6 Å². The topological polar surface area (TPSA) is 82.5 Å². The lowest BCUT2D eigenvalue weighted by atomic mass is 10.3. The highest BCUT2D eigenvalue weighted by atomic mass is 16.2. The van der Waals surface area contributed by atoms with Crippen molar-refractivity contribution in [2.24, 2.45) is 0 Å². The number of urea groups is 1. The maximum Gasteiger partial charge on any atom is 0.336 e. The van der Waals surface area contributed by atoms with Crippen molar-refractivity contribution in [3.05, 3.63) is 30.6 Å². The summed E-state index contributed by atoms with van der Waals surface area (Å²) in [6.07, 6.45) is 2.54. The molecule has 0 radical (unpaired) electrons. The van der Waals surface area contributed by atoms with E-state index in [2.05, 4.69) is 20.6 Å². The van der Waals surface area contributed by atoms with E-state index < -0.39 is 0 Å². The fraction of sp³-hybridized carbons (Fsp3) is 0.471. The molecular weight excluding hydrogens is 320 g/mol. The summed E-state index contributed by atoms with van der Waals surface area (Å²) in [6.45, 7) is 5.71. The van der Waals surface area contributed by atoms with Crippen LogP contribution in [0.5, 0.6) is 0 Å². The van der Waals surface area contributed by atoms with E-state index in [1.807, 2.05) is 31.2 Å².